The number of rotatable bonds is 4. The number of hydrogen-bond donors (Lipinski definition) is 0. The second-order valence-electron chi connectivity index (χ2n) is 3.44. The third-order valence-electron chi connectivity index (χ3n) is 2.21. The molecule has 0 aliphatic heterocycles. The van der Waals surface area contributed by atoms with E-state index < -0.39 is 0 Å². The van der Waals surface area contributed by atoms with Crippen LogP contribution in [0.4, 0.5) is 0 Å². The van der Waals surface area contributed by atoms with Crippen LogP contribution in [0.2, 0.25) is 5.15 Å². The summed E-state index contributed by atoms with van der Waals surface area (Å²) >= 11 is 5.84. The molecule has 0 saturated carbocycles. The van der Waals surface area contributed by atoms with Gasteiger partial charge in [0, 0.05) is 12.1 Å². The molecule has 17 heavy (non-hydrogen) atoms. The Kier molecular flexibility index (Phi) is 3.83. The minimum Gasteiger partial charge on any atom is -0.496 e. The lowest BCUT2D eigenvalue weighted by Crippen LogP contribution is -1.97. The maximum absolute atomic E-state index is 5.84. The number of pyridine rings is 1. The molecule has 2 aromatic rings. The second kappa shape index (κ2) is 5.55. The lowest BCUT2D eigenvalue weighted by molar-refractivity contribution is 0.291. The Morgan fingerprint density at radius 3 is 2.65 bits per heavy atom. The normalized spacial score (nSPS) is 10.0. The van der Waals surface area contributed by atoms with E-state index in [0.29, 0.717) is 23.4 Å². The van der Waals surface area contributed by atoms with Gasteiger partial charge in [0.25, 0.3) is 0 Å². The first-order valence-electron chi connectivity index (χ1n) is 5.16. The number of ether oxygens (including phenoxy) is 2. The summed E-state index contributed by atoms with van der Waals surface area (Å²) in [7, 11) is 1.58. The van der Waals surface area contributed by atoms with E-state index in [9.17, 15) is 0 Å². The van der Waals surface area contributed by atoms with Gasteiger partial charge in [-0.05, 0) is 5.56 Å². The van der Waals surface area contributed by atoms with E-state index in [0.717, 1.165) is 5.56 Å². The zero-order valence-electron chi connectivity index (χ0n) is 9.39. The Hall–Kier alpha value is -1.74. The van der Waals surface area contributed by atoms with E-state index in [1.807, 2.05) is 30.3 Å². The van der Waals surface area contributed by atoms with E-state index >= 15 is 0 Å². The Bertz CT molecular complexity index is 488. The van der Waals surface area contributed by atoms with Gasteiger partial charge in [0.2, 0.25) is 5.88 Å². The average Bonchev–Trinajstić information content (AvgIpc) is 2.37. The molecule has 0 atom stereocenters. The van der Waals surface area contributed by atoms with Crippen LogP contribution in [-0.2, 0) is 6.61 Å². The van der Waals surface area contributed by atoms with Crippen molar-refractivity contribution in [1.29, 1.82) is 0 Å². The topological polar surface area (TPSA) is 31.4 Å². The first-order valence-corrected chi connectivity index (χ1v) is 5.54. The number of halogens is 1. The lowest BCUT2D eigenvalue weighted by atomic mass is 10.2. The standard InChI is InChI=1S/C13H12ClNO2/c1-16-11-7-12(14)15-13(8-11)17-9-10-5-3-2-4-6-10/h2-8H,9H2,1H3. The molecular weight excluding hydrogens is 238 g/mol. The molecule has 1 aromatic carbocycles. The smallest absolute Gasteiger partial charge is 0.218 e. The number of nitrogens with zero attached hydrogens (tertiary/aromatic N) is 1. The van der Waals surface area contributed by atoms with Gasteiger partial charge in [0.05, 0.1) is 7.11 Å². The lowest BCUT2D eigenvalue weighted by Gasteiger charge is -2.07. The van der Waals surface area contributed by atoms with Crippen LogP contribution in [-0.4, -0.2) is 12.1 Å². The van der Waals surface area contributed by atoms with Crippen LogP contribution < -0.4 is 9.47 Å². The molecule has 0 bridgehead atoms. The summed E-state index contributed by atoms with van der Waals surface area (Å²) in [5.74, 6) is 1.09. The van der Waals surface area contributed by atoms with E-state index in [2.05, 4.69) is 4.98 Å². The maximum Gasteiger partial charge on any atom is 0.218 e. The zero-order valence-corrected chi connectivity index (χ0v) is 10.1. The third-order valence-corrected chi connectivity index (χ3v) is 2.40. The SMILES string of the molecule is COc1cc(Cl)nc(OCc2ccccc2)c1. The Balaban J connectivity index is 2.06. The summed E-state index contributed by atoms with van der Waals surface area (Å²) in [5, 5.41) is 0.354. The van der Waals surface area contributed by atoms with Crippen molar-refractivity contribution >= 4 is 11.6 Å². The first kappa shape index (κ1) is 11.7. The second-order valence-corrected chi connectivity index (χ2v) is 3.83. The Morgan fingerprint density at radius 2 is 1.94 bits per heavy atom. The monoisotopic (exact) mass is 249 g/mol. The largest absolute Gasteiger partial charge is 0.496 e. The zero-order chi connectivity index (χ0) is 12.1. The molecule has 0 fully saturated rings. The van der Waals surface area contributed by atoms with Crippen LogP contribution in [0.3, 0.4) is 0 Å². The van der Waals surface area contributed by atoms with Crippen LogP contribution in [0, 0.1) is 0 Å². The van der Waals surface area contributed by atoms with Gasteiger partial charge in [-0.3, -0.25) is 0 Å². The quantitative estimate of drug-likeness (QED) is 0.779. The van der Waals surface area contributed by atoms with Crippen LogP contribution >= 0.6 is 11.6 Å². The molecule has 0 spiro atoms. The van der Waals surface area contributed by atoms with Crippen molar-refractivity contribution < 1.29 is 9.47 Å². The summed E-state index contributed by atoms with van der Waals surface area (Å²) < 4.78 is 10.6. The summed E-state index contributed by atoms with van der Waals surface area (Å²) in [6.45, 7) is 0.456. The van der Waals surface area contributed by atoms with E-state index in [-0.39, 0.29) is 0 Å². The van der Waals surface area contributed by atoms with Crippen molar-refractivity contribution in [3.8, 4) is 11.6 Å². The van der Waals surface area contributed by atoms with Gasteiger partial charge >= 0.3 is 0 Å². The van der Waals surface area contributed by atoms with E-state index in [4.69, 9.17) is 21.1 Å². The number of benzene rings is 1. The van der Waals surface area contributed by atoms with Crippen molar-refractivity contribution in [3.05, 3.63) is 53.2 Å². The van der Waals surface area contributed by atoms with Crippen molar-refractivity contribution in [2.24, 2.45) is 0 Å². The van der Waals surface area contributed by atoms with Gasteiger partial charge in [-0.15, -0.1) is 0 Å². The molecule has 3 nitrogen and oxygen atoms in total. The summed E-state index contributed by atoms with van der Waals surface area (Å²) in [6.07, 6.45) is 0. The molecule has 4 heteroatoms. The molecule has 1 heterocycles. The van der Waals surface area contributed by atoms with E-state index in [1.54, 1.807) is 19.2 Å². The van der Waals surface area contributed by atoms with Gasteiger partial charge in [-0.25, -0.2) is 4.98 Å². The molecule has 88 valence electrons. The van der Waals surface area contributed by atoms with Crippen molar-refractivity contribution in [1.82, 2.24) is 4.98 Å². The predicted octanol–water partition coefficient (Wildman–Crippen LogP) is 3.32. The number of hydrogen-bond acceptors (Lipinski definition) is 3. The predicted molar refractivity (Wildman–Crippen MR) is 66.6 cm³/mol. The fourth-order valence-corrected chi connectivity index (χ4v) is 1.56. The number of aromatic nitrogens is 1. The van der Waals surface area contributed by atoms with Gasteiger partial charge in [0.15, 0.2) is 0 Å². The van der Waals surface area contributed by atoms with Crippen LogP contribution in [0.15, 0.2) is 42.5 Å². The molecule has 0 radical (unpaired) electrons. The first-order chi connectivity index (χ1) is 8.28. The van der Waals surface area contributed by atoms with Gasteiger partial charge in [-0.1, -0.05) is 41.9 Å². The molecular formula is C13H12ClNO2. The average molecular weight is 250 g/mol. The Morgan fingerprint density at radius 1 is 1.18 bits per heavy atom. The molecule has 1 aromatic heterocycles. The van der Waals surface area contributed by atoms with Crippen LogP contribution in [0.5, 0.6) is 11.6 Å². The molecule has 0 aliphatic rings. The maximum atomic E-state index is 5.84. The summed E-state index contributed by atoms with van der Waals surface area (Å²) in [4.78, 5) is 4.06. The highest BCUT2D eigenvalue weighted by Crippen LogP contribution is 2.22. The van der Waals surface area contributed by atoms with Crippen molar-refractivity contribution in [3.63, 3.8) is 0 Å². The highest BCUT2D eigenvalue weighted by molar-refractivity contribution is 6.29. The molecule has 2 rings (SSSR count). The summed E-state index contributed by atoms with van der Waals surface area (Å²) in [5.41, 5.74) is 1.08. The van der Waals surface area contributed by atoms with Crippen LogP contribution in [0.1, 0.15) is 5.56 Å². The van der Waals surface area contributed by atoms with Crippen LogP contribution in [0.25, 0.3) is 0 Å². The fraction of sp³-hybridized carbons (Fsp3) is 0.154. The van der Waals surface area contributed by atoms with Crippen molar-refractivity contribution in [2.75, 3.05) is 7.11 Å². The van der Waals surface area contributed by atoms with Gasteiger partial charge < -0.3 is 9.47 Å². The Labute approximate surface area is 105 Å². The highest BCUT2D eigenvalue weighted by atomic mass is 35.5. The van der Waals surface area contributed by atoms with Crippen molar-refractivity contribution in [2.45, 2.75) is 6.61 Å². The molecule has 0 aliphatic carbocycles. The van der Waals surface area contributed by atoms with Gasteiger partial charge in [-0.2, -0.15) is 0 Å². The highest BCUT2D eigenvalue weighted by Gasteiger charge is 2.02. The molecule has 0 N–H and O–H groups in total. The molecule has 0 amide bonds. The summed E-state index contributed by atoms with van der Waals surface area (Å²) in [6, 6.07) is 13.2. The number of methoxy groups -OCH3 is 1. The third kappa shape index (κ3) is 3.36. The molecule has 0 unspecified atom stereocenters. The fourth-order valence-electron chi connectivity index (χ4n) is 1.37. The molecule has 0 saturated heterocycles. The minimum atomic E-state index is 0.354. The minimum absolute atomic E-state index is 0.354. The van der Waals surface area contributed by atoms with E-state index in [1.165, 1.54) is 0 Å². The van der Waals surface area contributed by atoms with Gasteiger partial charge in [0.1, 0.15) is 17.5 Å².